The SMILES string of the molecule is O=S(=O)(NCc1sccc1Br)c1ccc(Cl)c(Cl)c1. The highest BCUT2D eigenvalue weighted by molar-refractivity contribution is 9.10. The van der Waals surface area contributed by atoms with Gasteiger partial charge in [-0.1, -0.05) is 23.2 Å². The third-order valence-electron chi connectivity index (χ3n) is 2.32. The average molecular weight is 401 g/mol. The Labute approximate surface area is 133 Å². The molecule has 0 atom stereocenters. The highest BCUT2D eigenvalue weighted by atomic mass is 79.9. The Morgan fingerprint density at radius 1 is 1.21 bits per heavy atom. The number of benzene rings is 1. The van der Waals surface area contributed by atoms with Crippen LogP contribution < -0.4 is 4.72 Å². The maximum atomic E-state index is 12.1. The minimum atomic E-state index is -3.60. The number of sulfonamides is 1. The van der Waals surface area contributed by atoms with E-state index in [0.29, 0.717) is 5.02 Å². The predicted molar refractivity (Wildman–Crippen MR) is 82.5 cm³/mol. The third kappa shape index (κ3) is 3.71. The Hall–Kier alpha value is -0.110. The maximum Gasteiger partial charge on any atom is 0.240 e. The summed E-state index contributed by atoms with van der Waals surface area (Å²) in [6.45, 7) is 0.223. The highest BCUT2D eigenvalue weighted by Gasteiger charge is 2.16. The first kappa shape index (κ1) is 15.3. The maximum absolute atomic E-state index is 12.1. The van der Waals surface area contributed by atoms with Gasteiger partial charge >= 0.3 is 0 Å². The van der Waals surface area contributed by atoms with Gasteiger partial charge in [-0.2, -0.15) is 0 Å². The van der Waals surface area contributed by atoms with E-state index in [-0.39, 0.29) is 16.5 Å². The molecule has 19 heavy (non-hydrogen) atoms. The average Bonchev–Trinajstić information content (AvgIpc) is 2.76. The standard InChI is InChI=1S/C11H8BrCl2NO2S2/c12-8-3-4-18-11(8)6-15-19(16,17)7-1-2-9(13)10(14)5-7/h1-5,15H,6H2. The zero-order valence-corrected chi connectivity index (χ0v) is 14.1. The van der Waals surface area contributed by atoms with E-state index in [1.165, 1.54) is 29.5 Å². The van der Waals surface area contributed by atoms with Crippen molar-refractivity contribution in [3.05, 3.63) is 49.0 Å². The number of nitrogens with one attached hydrogen (secondary N) is 1. The molecule has 0 aliphatic heterocycles. The molecule has 3 nitrogen and oxygen atoms in total. The first-order chi connectivity index (χ1) is 8.90. The lowest BCUT2D eigenvalue weighted by molar-refractivity contribution is 0.581. The van der Waals surface area contributed by atoms with Gasteiger partial charge in [0.15, 0.2) is 0 Å². The molecule has 0 fully saturated rings. The summed E-state index contributed by atoms with van der Waals surface area (Å²) in [6, 6.07) is 6.07. The molecule has 8 heteroatoms. The summed E-state index contributed by atoms with van der Waals surface area (Å²) in [7, 11) is -3.60. The lowest BCUT2D eigenvalue weighted by atomic mass is 10.4. The van der Waals surface area contributed by atoms with Crippen LogP contribution >= 0.6 is 50.5 Å². The number of hydrogen-bond acceptors (Lipinski definition) is 3. The quantitative estimate of drug-likeness (QED) is 0.831. The van der Waals surface area contributed by atoms with Gasteiger partial charge in [0.05, 0.1) is 14.9 Å². The fourth-order valence-electron chi connectivity index (χ4n) is 1.34. The summed E-state index contributed by atoms with van der Waals surface area (Å²) < 4.78 is 27.6. The predicted octanol–water partition coefficient (Wildman–Crippen LogP) is 4.30. The lowest BCUT2D eigenvalue weighted by Gasteiger charge is -2.07. The van der Waals surface area contributed by atoms with Crippen molar-refractivity contribution in [2.24, 2.45) is 0 Å². The topological polar surface area (TPSA) is 46.2 Å². The van der Waals surface area contributed by atoms with Gasteiger partial charge in [0.1, 0.15) is 0 Å². The molecule has 1 heterocycles. The first-order valence-electron chi connectivity index (χ1n) is 5.07. The second-order valence-corrected chi connectivity index (χ2v) is 8.03. The normalized spacial score (nSPS) is 11.7. The Bertz CT molecular complexity index is 700. The van der Waals surface area contributed by atoms with Crippen LogP contribution in [-0.4, -0.2) is 8.42 Å². The number of thiophene rings is 1. The molecule has 1 aromatic heterocycles. The summed E-state index contributed by atoms with van der Waals surface area (Å²) in [5, 5.41) is 2.41. The second-order valence-electron chi connectivity index (χ2n) is 3.59. The molecule has 0 saturated heterocycles. The van der Waals surface area contributed by atoms with E-state index in [2.05, 4.69) is 20.7 Å². The van der Waals surface area contributed by atoms with Gasteiger partial charge in [-0.15, -0.1) is 11.3 Å². The summed E-state index contributed by atoms with van der Waals surface area (Å²) in [5.74, 6) is 0. The van der Waals surface area contributed by atoms with Crippen LogP contribution in [0.15, 0.2) is 39.0 Å². The number of halogens is 3. The van der Waals surface area contributed by atoms with Crippen molar-refractivity contribution in [1.29, 1.82) is 0 Å². The van der Waals surface area contributed by atoms with E-state index < -0.39 is 10.0 Å². The molecule has 0 saturated carbocycles. The summed E-state index contributed by atoms with van der Waals surface area (Å²) >= 11 is 16.4. The van der Waals surface area contributed by atoms with Crippen LogP contribution in [0.25, 0.3) is 0 Å². The fourth-order valence-corrected chi connectivity index (χ4v) is 4.25. The third-order valence-corrected chi connectivity index (χ3v) is 6.38. The molecular formula is C11H8BrCl2NO2S2. The van der Waals surface area contributed by atoms with Crippen LogP contribution in [0.2, 0.25) is 10.0 Å². The molecule has 0 bridgehead atoms. The largest absolute Gasteiger partial charge is 0.240 e. The van der Waals surface area contributed by atoms with Crippen molar-refractivity contribution in [1.82, 2.24) is 4.72 Å². The smallest absolute Gasteiger partial charge is 0.207 e. The summed E-state index contributed by atoms with van der Waals surface area (Å²) in [5.41, 5.74) is 0. The van der Waals surface area contributed by atoms with Gasteiger partial charge < -0.3 is 0 Å². The van der Waals surface area contributed by atoms with Crippen molar-refractivity contribution in [2.75, 3.05) is 0 Å². The molecule has 0 radical (unpaired) electrons. The molecule has 0 amide bonds. The molecular weight excluding hydrogens is 393 g/mol. The van der Waals surface area contributed by atoms with E-state index >= 15 is 0 Å². The molecule has 0 aliphatic rings. The molecule has 0 unspecified atom stereocenters. The molecule has 102 valence electrons. The molecule has 0 aliphatic carbocycles. The summed E-state index contributed by atoms with van der Waals surface area (Å²) in [6.07, 6.45) is 0. The monoisotopic (exact) mass is 399 g/mol. The van der Waals surface area contributed by atoms with Crippen molar-refractivity contribution >= 4 is 60.5 Å². The zero-order chi connectivity index (χ0) is 14.0. The lowest BCUT2D eigenvalue weighted by Crippen LogP contribution is -2.22. The zero-order valence-electron chi connectivity index (χ0n) is 9.36. The van der Waals surface area contributed by atoms with E-state index in [1.807, 2.05) is 11.4 Å². The molecule has 1 N–H and O–H groups in total. The van der Waals surface area contributed by atoms with Crippen LogP contribution in [0.4, 0.5) is 0 Å². The second kappa shape index (κ2) is 6.11. The van der Waals surface area contributed by atoms with Gasteiger partial charge in [-0.05, 0) is 45.6 Å². The van der Waals surface area contributed by atoms with Gasteiger partial charge in [-0.25, -0.2) is 13.1 Å². The van der Waals surface area contributed by atoms with Crippen LogP contribution in [0.5, 0.6) is 0 Å². The van der Waals surface area contributed by atoms with Gasteiger partial charge in [0.2, 0.25) is 10.0 Å². The Balaban J connectivity index is 2.18. The van der Waals surface area contributed by atoms with Gasteiger partial charge in [0.25, 0.3) is 0 Å². The Morgan fingerprint density at radius 3 is 2.53 bits per heavy atom. The van der Waals surface area contributed by atoms with Crippen LogP contribution in [-0.2, 0) is 16.6 Å². The van der Waals surface area contributed by atoms with Gasteiger partial charge in [-0.3, -0.25) is 0 Å². The molecule has 2 rings (SSSR count). The van der Waals surface area contributed by atoms with Crippen LogP contribution in [0.3, 0.4) is 0 Å². The van der Waals surface area contributed by atoms with E-state index in [0.717, 1.165) is 9.35 Å². The van der Waals surface area contributed by atoms with E-state index in [9.17, 15) is 8.42 Å². The molecule has 1 aromatic carbocycles. The highest BCUT2D eigenvalue weighted by Crippen LogP contribution is 2.26. The molecule has 0 spiro atoms. The van der Waals surface area contributed by atoms with Crippen molar-refractivity contribution < 1.29 is 8.42 Å². The van der Waals surface area contributed by atoms with E-state index in [4.69, 9.17) is 23.2 Å². The molecule has 2 aromatic rings. The first-order valence-corrected chi connectivity index (χ1v) is 8.98. The van der Waals surface area contributed by atoms with Crippen molar-refractivity contribution in [2.45, 2.75) is 11.4 Å². The van der Waals surface area contributed by atoms with Crippen molar-refractivity contribution in [3.8, 4) is 0 Å². The fraction of sp³-hybridized carbons (Fsp3) is 0.0909. The van der Waals surface area contributed by atoms with Gasteiger partial charge in [0, 0.05) is 15.9 Å². The number of hydrogen-bond donors (Lipinski definition) is 1. The van der Waals surface area contributed by atoms with Crippen LogP contribution in [0.1, 0.15) is 4.88 Å². The van der Waals surface area contributed by atoms with E-state index in [1.54, 1.807) is 0 Å². The minimum Gasteiger partial charge on any atom is -0.207 e. The summed E-state index contributed by atoms with van der Waals surface area (Å²) in [4.78, 5) is 0.998. The van der Waals surface area contributed by atoms with Crippen LogP contribution in [0, 0.1) is 0 Å². The Kier molecular flexibility index (Phi) is 4.92. The number of rotatable bonds is 4. The van der Waals surface area contributed by atoms with Crippen molar-refractivity contribution in [3.63, 3.8) is 0 Å². The Morgan fingerprint density at radius 2 is 1.95 bits per heavy atom. The minimum absolute atomic E-state index is 0.0922.